The van der Waals surface area contributed by atoms with Crippen molar-refractivity contribution in [2.45, 2.75) is 20.4 Å². The Morgan fingerprint density at radius 3 is 2.55 bits per heavy atom. The quantitative estimate of drug-likeness (QED) is 0.569. The molecular formula is C19H20N4O5S. The van der Waals surface area contributed by atoms with Crippen molar-refractivity contribution in [3.05, 3.63) is 46.5 Å². The molecule has 29 heavy (non-hydrogen) atoms. The summed E-state index contributed by atoms with van der Waals surface area (Å²) in [5.41, 5.74) is 1.36. The summed E-state index contributed by atoms with van der Waals surface area (Å²) in [6.07, 6.45) is 1.51. The molecule has 2 aromatic heterocycles. The molecule has 0 aliphatic carbocycles. The monoisotopic (exact) mass is 416 g/mol. The smallest absolute Gasteiger partial charge is 0.338 e. The second-order valence-electron chi connectivity index (χ2n) is 5.94. The van der Waals surface area contributed by atoms with E-state index in [0.717, 1.165) is 0 Å². The maximum absolute atomic E-state index is 12.6. The van der Waals surface area contributed by atoms with E-state index in [2.05, 4.69) is 10.1 Å². The van der Waals surface area contributed by atoms with Crippen LogP contribution in [0.25, 0.3) is 10.2 Å². The summed E-state index contributed by atoms with van der Waals surface area (Å²) in [5, 5.41) is 3.97. The molecule has 0 fully saturated rings. The highest BCUT2D eigenvalue weighted by atomic mass is 32.1. The molecular weight excluding hydrogens is 396 g/mol. The first-order valence-electron chi connectivity index (χ1n) is 8.97. The summed E-state index contributed by atoms with van der Waals surface area (Å²) in [6.45, 7) is 3.86. The predicted molar refractivity (Wildman–Crippen MR) is 106 cm³/mol. The largest absolute Gasteiger partial charge is 0.465 e. The Morgan fingerprint density at radius 1 is 1.14 bits per heavy atom. The van der Waals surface area contributed by atoms with E-state index in [9.17, 15) is 14.4 Å². The summed E-state index contributed by atoms with van der Waals surface area (Å²) in [7, 11) is 1.64. The van der Waals surface area contributed by atoms with Gasteiger partial charge in [0.15, 0.2) is 4.80 Å². The zero-order valence-corrected chi connectivity index (χ0v) is 17.1. The van der Waals surface area contributed by atoms with Gasteiger partial charge in [-0.05, 0) is 38.1 Å². The van der Waals surface area contributed by atoms with Gasteiger partial charge < -0.3 is 14.0 Å². The lowest BCUT2D eigenvalue weighted by Gasteiger charge is -2.06. The molecule has 0 bridgehead atoms. The van der Waals surface area contributed by atoms with E-state index < -0.39 is 17.8 Å². The molecule has 1 amide bonds. The Balaban J connectivity index is 2.11. The van der Waals surface area contributed by atoms with Crippen LogP contribution in [0, 0.1) is 0 Å². The summed E-state index contributed by atoms with van der Waals surface area (Å²) in [4.78, 5) is 41.2. The SMILES string of the molecule is CCOC(=O)Cn1c(=NC(=O)c2ccnn2C)sc2cc(C(=O)OCC)ccc21. The summed E-state index contributed by atoms with van der Waals surface area (Å²) in [6, 6.07) is 6.53. The van der Waals surface area contributed by atoms with Gasteiger partial charge in [-0.25, -0.2) is 4.79 Å². The van der Waals surface area contributed by atoms with Gasteiger partial charge in [-0.1, -0.05) is 11.3 Å². The van der Waals surface area contributed by atoms with E-state index in [1.807, 2.05) is 0 Å². The minimum Gasteiger partial charge on any atom is -0.465 e. The number of aromatic nitrogens is 3. The molecule has 0 saturated heterocycles. The zero-order chi connectivity index (χ0) is 21.0. The van der Waals surface area contributed by atoms with Crippen LogP contribution < -0.4 is 4.80 Å². The first kappa shape index (κ1) is 20.5. The zero-order valence-electron chi connectivity index (χ0n) is 16.2. The van der Waals surface area contributed by atoms with E-state index >= 15 is 0 Å². The van der Waals surface area contributed by atoms with Crippen molar-refractivity contribution in [2.75, 3.05) is 13.2 Å². The number of fused-ring (bicyclic) bond motifs is 1. The van der Waals surface area contributed by atoms with Gasteiger partial charge in [-0.15, -0.1) is 0 Å². The van der Waals surface area contributed by atoms with Gasteiger partial charge in [-0.2, -0.15) is 10.1 Å². The van der Waals surface area contributed by atoms with E-state index in [1.54, 1.807) is 49.7 Å². The molecule has 2 heterocycles. The van der Waals surface area contributed by atoms with Gasteiger partial charge >= 0.3 is 11.9 Å². The predicted octanol–water partition coefficient (Wildman–Crippen LogP) is 1.92. The average Bonchev–Trinajstić information content (AvgIpc) is 3.25. The van der Waals surface area contributed by atoms with Crippen molar-refractivity contribution in [3.8, 4) is 0 Å². The van der Waals surface area contributed by atoms with Crippen molar-refractivity contribution in [2.24, 2.45) is 12.0 Å². The second kappa shape index (κ2) is 8.82. The van der Waals surface area contributed by atoms with Crippen LogP contribution in [0.5, 0.6) is 0 Å². The van der Waals surface area contributed by atoms with Gasteiger partial charge in [0.05, 0.1) is 29.0 Å². The third kappa shape index (κ3) is 4.43. The molecule has 0 atom stereocenters. The number of aryl methyl sites for hydroxylation is 1. The number of nitrogens with zero attached hydrogens (tertiary/aromatic N) is 4. The van der Waals surface area contributed by atoms with Crippen LogP contribution in [0.15, 0.2) is 35.5 Å². The van der Waals surface area contributed by atoms with Gasteiger partial charge in [0.2, 0.25) is 0 Å². The van der Waals surface area contributed by atoms with E-state index in [-0.39, 0.29) is 19.8 Å². The van der Waals surface area contributed by atoms with E-state index in [1.165, 1.54) is 22.2 Å². The highest BCUT2D eigenvalue weighted by Crippen LogP contribution is 2.20. The Kier molecular flexibility index (Phi) is 6.23. The normalized spacial score (nSPS) is 11.6. The molecule has 0 unspecified atom stereocenters. The lowest BCUT2D eigenvalue weighted by atomic mass is 10.2. The number of esters is 2. The Morgan fingerprint density at radius 2 is 1.90 bits per heavy atom. The van der Waals surface area contributed by atoms with Gasteiger partial charge in [-0.3, -0.25) is 14.3 Å². The third-order valence-electron chi connectivity index (χ3n) is 4.02. The summed E-state index contributed by atoms with van der Waals surface area (Å²) in [5.74, 6) is -1.37. The topological polar surface area (TPSA) is 105 Å². The number of rotatable bonds is 6. The maximum atomic E-state index is 12.6. The van der Waals surface area contributed by atoms with Crippen LogP contribution in [0.4, 0.5) is 0 Å². The summed E-state index contributed by atoms with van der Waals surface area (Å²) < 4.78 is 13.8. The van der Waals surface area contributed by atoms with Crippen LogP contribution >= 0.6 is 11.3 Å². The molecule has 3 aromatic rings. The number of thiazole rings is 1. The lowest BCUT2D eigenvalue weighted by Crippen LogP contribution is -2.23. The molecule has 0 saturated carbocycles. The molecule has 0 spiro atoms. The van der Waals surface area contributed by atoms with Crippen LogP contribution in [0.2, 0.25) is 0 Å². The van der Waals surface area contributed by atoms with Crippen molar-refractivity contribution >= 4 is 39.4 Å². The van der Waals surface area contributed by atoms with Crippen LogP contribution in [-0.2, 0) is 27.9 Å². The molecule has 0 radical (unpaired) electrons. The standard InChI is InChI=1S/C19H20N4O5S/c1-4-27-16(24)11-23-13-7-6-12(18(26)28-5-2)10-15(13)29-19(23)21-17(25)14-8-9-20-22(14)3/h6-10H,4-5,11H2,1-3H3. The fourth-order valence-corrected chi connectivity index (χ4v) is 3.78. The number of amides is 1. The fraction of sp³-hybridized carbons (Fsp3) is 0.316. The Bertz CT molecular complexity index is 1140. The number of benzene rings is 1. The lowest BCUT2D eigenvalue weighted by molar-refractivity contribution is -0.143. The molecule has 152 valence electrons. The van der Waals surface area contributed by atoms with E-state index in [4.69, 9.17) is 9.47 Å². The van der Waals surface area contributed by atoms with Gasteiger partial charge in [0, 0.05) is 13.2 Å². The third-order valence-corrected chi connectivity index (χ3v) is 5.06. The molecule has 9 nitrogen and oxygen atoms in total. The van der Waals surface area contributed by atoms with Crippen molar-refractivity contribution in [1.29, 1.82) is 0 Å². The molecule has 1 aromatic carbocycles. The van der Waals surface area contributed by atoms with Crippen molar-refractivity contribution in [1.82, 2.24) is 14.3 Å². The maximum Gasteiger partial charge on any atom is 0.338 e. The molecule has 0 aliphatic rings. The molecule has 10 heteroatoms. The second-order valence-corrected chi connectivity index (χ2v) is 6.94. The highest BCUT2D eigenvalue weighted by Gasteiger charge is 2.16. The first-order valence-corrected chi connectivity index (χ1v) is 9.79. The number of ether oxygens (including phenoxy) is 2. The molecule has 3 rings (SSSR count). The minimum atomic E-state index is -0.486. The number of carbonyl (C=O) groups is 3. The van der Waals surface area contributed by atoms with Crippen molar-refractivity contribution < 1.29 is 23.9 Å². The number of hydrogen-bond acceptors (Lipinski definition) is 7. The number of hydrogen-bond donors (Lipinski definition) is 0. The minimum absolute atomic E-state index is 0.107. The summed E-state index contributed by atoms with van der Waals surface area (Å²) >= 11 is 1.20. The van der Waals surface area contributed by atoms with E-state index in [0.29, 0.717) is 26.3 Å². The average molecular weight is 416 g/mol. The van der Waals surface area contributed by atoms with Crippen LogP contribution in [0.3, 0.4) is 0 Å². The first-order chi connectivity index (χ1) is 13.9. The Labute approximate surface area is 170 Å². The van der Waals surface area contributed by atoms with Crippen molar-refractivity contribution in [3.63, 3.8) is 0 Å². The number of carbonyl (C=O) groups excluding carboxylic acids is 3. The van der Waals surface area contributed by atoms with Crippen LogP contribution in [-0.4, -0.2) is 45.4 Å². The van der Waals surface area contributed by atoms with Crippen LogP contribution in [0.1, 0.15) is 34.7 Å². The van der Waals surface area contributed by atoms with Gasteiger partial charge in [0.1, 0.15) is 12.2 Å². The highest BCUT2D eigenvalue weighted by molar-refractivity contribution is 7.16. The molecule has 0 aliphatic heterocycles. The fourth-order valence-electron chi connectivity index (χ4n) is 2.72. The van der Waals surface area contributed by atoms with Gasteiger partial charge in [0.25, 0.3) is 5.91 Å². The Hall–Kier alpha value is -3.27. The molecule has 0 N–H and O–H groups in total.